The topological polar surface area (TPSA) is 69.3 Å². The van der Waals surface area contributed by atoms with Gasteiger partial charge in [-0.1, -0.05) is 0 Å². The van der Waals surface area contributed by atoms with Crippen molar-refractivity contribution < 1.29 is 17.9 Å². The molecule has 168 valence electrons. The van der Waals surface area contributed by atoms with Crippen molar-refractivity contribution in [3.05, 3.63) is 65.1 Å². The Morgan fingerprint density at radius 1 is 1.12 bits per heavy atom. The van der Waals surface area contributed by atoms with Crippen LogP contribution in [0, 0.1) is 19.7 Å². The minimum atomic E-state index is -2.70. The predicted octanol–water partition coefficient (Wildman–Crippen LogP) is 4.08. The summed E-state index contributed by atoms with van der Waals surface area (Å²) in [6.07, 6.45) is 2.25. The van der Waals surface area contributed by atoms with Crippen molar-refractivity contribution >= 4 is 5.65 Å². The van der Waals surface area contributed by atoms with E-state index in [1.54, 1.807) is 19.9 Å². The fourth-order valence-electron chi connectivity index (χ4n) is 3.74. The fourth-order valence-corrected chi connectivity index (χ4v) is 3.74. The normalized spacial score (nSPS) is 11.6. The van der Waals surface area contributed by atoms with Crippen molar-refractivity contribution in [3.8, 4) is 16.9 Å². The zero-order chi connectivity index (χ0) is 22.8. The van der Waals surface area contributed by atoms with Crippen LogP contribution in [-0.2, 0) is 13.0 Å². The summed E-state index contributed by atoms with van der Waals surface area (Å²) >= 11 is 0. The van der Waals surface area contributed by atoms with E-state index in [0.717, 1.165) is 11.4 Å². The number of benzene rings is 1. The number of hydrogen-bond acceptors (Lipinski definition) is 5. The van der Waals surface area contributed by atoms with E-state index in [1.165, 1.54) is 12.1 Å². The Bertz CT molecular complexity index is 1250. The summed E-state index contributed by atoms with van der Waals surface area (Å²) < 4.78 is 48.6. The lowest BCUT2D eigenvalue weighted by molar-refractivity contribution is 0.0540. The largest absolute Gasteiger partial charge is 0.492 e. The Hall–Kier alpha value is -3.40. The Kier molecular flexibility index (Phi) is 6.13. The molecule has 0 unspecified atom stereocenters. The Morgan fingerprint density at radius 2 is 1.94 bits per heavy atom. The molecule has 0 bridgehead atoms. The quantitative estimate of drug-likeness (QED) is 0.444. The molecule has 4 rings (SSSR count). The van der Waals surface area contributed by atoms with Crippen molar-refractivity contribution in [2.45, 2.75) is 33.4 Å². The maximum Gasteiger partial charge on any atom is 0.333 e. The lowest BCUT2D eigenvalue weighted by Gasteiger charge is -2.13. The van der Waals surface area contributed by atoms with Crippen LogP contribution in [0.1, 0.15) is 29.3 Å². The summed E-state index contributed by atoms with van der Waals surface area (Å²) in [5.74, 6) is 0.683. The van der Waals surface area contributed by atoms with Crippen LogP contribution >= 0.6 is 0 Å². The zero-order valence-corrected chi connectivity index (χ0v) is 17.9. The van der Waals surface area contributed by atoms with Crippen molar-refractivity contribution in [1.29, 1.82) is 0 Å². The number of hydrogen-bond donors (Lipinski definition) is 1. The van der Waals surface area contributed by atoms with E-state index in [0.29, 0.717) is 51.6 Å². The molecule has 0 saturated carbocycles. The first-order valence-corrected chi connectivity index (χ1v) is 10.1. The molecule has 4 aromatic rings. The summed E-state index contributed by atoms with van der Waals surface area (Å²) in [5, 5.41) is 15.3. The van der Waals surface area contributed by atoms with E-state index in [4.69, 9.17) is 4.74 Å². The molecular weight excluding hydrogens is 421 g/mol. The van der Waals surface area contributed by atoms with Gasteiger partial charge in [0.2, 0.25) is 0 Å². The van der Waals surface area contributed by atoms with E-state index >= 15 is 0 Å². The summed E-state index contributed by atoms with van der Waals surface area (Å²) in [6.45, 7) is 1.33. The third kappa shape index (κ3) is 4.18. The summed E-state index contributed by atoms with van der Waals surface area (Å²) in [5.41, 5.74) is 3.84. The van der Waals surface area contributed by atoms with Gasteiger partial charge >= 0.3 is 6.55 Å². The van der Waals surface area contributed by atoms with Gasteiger partial charge in [-0.2, -0.15) is 13.9 Å². The van der Waals surface area contributed by atoms with E-state index in [1.807, 2.05) is 29.8 Å². The number of fused-ring (bicyclic) bond motifs is 1. The molecule has 32 heavy (non-hydrogen) atoms. The highest BCUT2D eigenvalue weighted by molar-refractivity contribution is 5.71. The maximum absolute atomic E-state index is 14.0. The Morgan fingerprint density at radius 3 is 2.66 bits per heavy atom. The van der Waals surface area contributed by atoms with Crippen molar-refractivity contribution in [2.75, 3.05) is 13.7 Å². The van der Waals surface area contributed by atoms with E-state index < -0.39 is 12.4 Å². The monoisotopic (exact) mass is 444 g/mol. The number of nitrogens with zero attached hydrogens (tertiary/aromatic N) is 5. The standard InChI is InChI=1S/C22H23F3N6O/c1-13-17(14(2)31(29-13)22(24)25)8-9-32-19-10-16(23)5-6-18(19)15-4-7-20-27-28-21(11-26-3)30(20)12-15/h4-7,10,12,22,26H,8-9,11H2,1-3H3. The van der Waals surface area contributed by atoms with Crippen LogP contribution in [-0.4, -0.2) is 38.0 Å². The van der Waals surface area contributed by atoms with Crippen LogP contribution in [0.15, 0.2) is 36.5 Å². The number of aryl methyl sites for hydroxylation is 1. The zero-order valence-electron chi connectivity index (χ0n) is 17.9. The van der Waals surface area contributed by atoms with Gasteiger partial charge in [-0.3, -0.25) is 4.40 Å². The van der Waals surface area contributed by atoms with Gasteiger partial charge in [0.15, 0.2) is 11.5 Å². The van der Waals surface area contributed by atoms with Crippen LogP contribution in [0.2, 0.25) is 0 Å². The molecule has 1 N–H and O–H groups in total. The van der Waals surface area contributed by atoms with E-state index in [9.17, 15) is 13.2 Å². The molecule has 0 aliphatic heterocycles. The minimum absolute atomic E-state index is 0.187. The van der Waals surface area contributed by atoms with Crippen molar-refractivity contribution in [1.82, 2.24) is 29.7 Å². The number of halogens is 3. The van der Waals surface area contributed by atoms with Crippen molar-refractivity contribution in [2.24, 2.45) is 0 Å². The van der Waals surface area contributed by atoms with Gasteiger partial charge in [-0.15, -0.1) is 10.2 Å². The maximum atomic E-state index is 14.0. The molecule has 0 fully saturated rings. The van der Waals surface area contributed by atoms with Crippen LogP contribution in [0.5, 0.6) is 5.75 Å². The lowest BCUT2D eigenvalue weighted by Crippen LogP contribution is -2.09. The average molecular weight is 444 g/mol. The van der Waals surface area contributed by atoms with Gasteiger partial charge in [-0.25, -0.2) is 9.07 Å². The Balaban J connectivity index is 1.60. The lowest BCUT2D eigenvalue weighted by atomic mass is 10.1. The van der Waals surface area contributed by atoms with Crippen molar-refractivity contribution in [3.63, 3.8) is 0 Å². The van der Waals surface area contributed by atoms with Crippen LogP contribution in [0.25, 0.3) is 16.8 Å². The number of nitrogens with one attached hydrogen (secondary N) is 1. The molecule has 7 nitrogen and oxygen atoms in total. The molecule has 3 heterocycles. The van der Waals surface area contributed by atoms with Crippen LogP contribution in [0.4, 0.5) is 13.2 Å². The number of rotatable bonds is 8. The molecule has 0 saturated heterocycles. The van der Waals surface area contributed by atoms with Gasteiger partial charge in [0.1, 0.15) is 11.6 Å². The molecule has 0 radical (unpaired) electrons. The highest BCUT2D eigenvalue weighted by Crippen LogP contribution is 2.31. The number of pyridine rings is 1. The van der Waals surface area contributed by atoms with E-state index in [2.05, 4.69) is 20.6 Å². The molecule has 0 aliphatic carbocycles. The molecule has 0 amide bonds. The smallest absolute Gasteiger partial charge is 0.333 e. The molecule has 3 aromatic heterocycles. The summed E-state index contributed by atoms with van der Waals surface area (Å²) in [6, 6.07) is 8.05. The Labute approximate surface area is 182 Å². The predicted molar refractivity (Wildman–Crippen MR) is 113 cm³/mol. The SMILES string of the molecule is CNCc1nnc2ccc(-c3ccc(F)cc3OCCc3c(C)nn(C(F)F)c3C)cn12. The number of ether oxygens (including phenoxy) is 1. The third-order valence-corrected chi connectivity index (χ3v) is 5.33. The van der Waals surface area contributed by atoms with Gasteiger partial charge in [0.25, 0.3) is 0 Å². The molecule has 10 heteroatoms. The number of aromatic nitrogens is 5. The summed E-state index contributed by atoms with van der Waals surface area (Å²) in [7, 11) is 1.82. The first-order valence-electron chi connectivity index (χ1n) is 10.1. The van der Waals surface area contributed by atoms with E-state index in [-0.39, 0.29) is 6.61 Å². The average Bonchev–Trinajstić information content (AvgIpc) is 3.29. The summed E-state index contributed by atoms with van der Waals surface area (Å²) in [4.78, 5) is 0. The molecular formula is C22H23F3N6O. The molecule has 0 spiro atoms. The van der Waals surface area contributed by atoms with Gasteiger partial charge in [0.05, 0.1) is 18.8 Å². The fraction of sp³-hybridized carbons (Fsp3) is 0.318. The second kappa shape index (κ2) is 8.99. The highest BCUT2D eigenvalue weighted by Gasteiger charge is 2.18. The van der Waals surface area contributed by atoms with Crippen LogP contribution in [0.3, 0.4) is 0 Å². The van der Waals surface area contributed by atoms with Crippen LogP contribution < -0.4 is 10.1 Å². The highest BCUT2D eigenvalue weighted by atomic mass is 19.3. The van der Waals surface area contributed by atoms with Gasteiger partial charge in [0, 0.05) is 35.5 Å². The first-order chi connectivity index (χ1) is 15.4. The molecule has 1 aromatic carbocycles. The first kappa shape index (κ1) is 21.8. The number of alkyl halides is 2. The second-order valence-corrected chi connectivity index (χ2v) is 7.40. The minimum Gasteiger partial charge on any atom is -0.492 e. The van der Waals surface area contributed by atoms with Gasteiger partial charge in [-0.05, 0) is 50.7 Å². The molecule has 0 aliphatic rings. The molecule has 0 atom stereocenters. The van der Waals surface area contributed by atoms with Gasteiger partial charge < -0.3 is 10.1 Å². The third-order valence-electron chi connectivity index (χ3n) is 5.33. The second-order valence-electron chi connectivity index (χ2n) is 7.40.